The van der Waals surface area contributed by atoms with Gasteiger partial charge in [0.2, 0.25) is 5.91 Å². The molecule has 0 aliphatic heterocycles. The minimum Gasteiger partial charge on any atom is -0.409 e. The Morgan fingerprint density at radius 3 is 2.40 bits per heavy atom. The van der Waals surface area contributed by atoms with Crippen molar-refractivity contribution in [3.8, 4) is 0 Å². The second kappa shape index (κ2) is 6.46. The Morgan fingerprint density at radius 1 is 1.30 bits per heavy atom. The fourth-order valence-corrected chi connectivity index (χ4v) is 3.65. The average molecular weight is 281 g/mol. The highest BCUT2D eigenvalue weighted by molar-refractivity contribution is 5.94. The summed E-state index contributed by atoms with van der Waals surface area (Å²) >= 11 is 0. The summed E-state index contributed by atoms with van der Waals surface area (Å²) in [4.78, 5) is 12.4. The fourth-order valence-electron chi connectivity index (χ4n) is 3.65. The number of hydrogen-bond acceptors (Lipinski definition) is 3. The van der Waals surface area contributed by atoms with E-state index in [1.54, 1.807) is 0 Å². The molecule has 1 amide bonds. The first kappa shape index (κ1) is 15.1. The number of carbonyl (C=O) groups excluding carboxylic acids is 1. The van der Waals surface area contributed by atoms with Gasteiger partial charge >= 0.3 is 0 Å². The van der Waals surface area contributed by atoms with Crippen LogP contribution in [0.4, 0.5) is 0 Å². The van der Waals surface area contributed by atoms with Gasteiger partial charge in [-0.25, -0.2) is 0 Å². The molecule has 0 saturated heterocycles. The van der Waals surface area contributed by atoms with Crippen LogP contribution in [0.1, 0.15) is 64.7 Å². The molecule has 0 aromatic carbocycles. The van der Waals surface area contributed by atoms with Crippen LogP contribution in [-0.2, 0) is 4.79 Å². The largest absolute Gasteiger partial charge is 0.409 e. The molecule has 0 atom stereocenters. The van der Waals surface area contributed by atoms with Crippen LogP contribution in [0.3, 0.4) is 0 Å². The number of nitrogens with zero attached hydrogens (tertiary/aromatic N) is 1. The predicted molar refractivity (Wildman–Crippen MR) is 78.5 cm³/mol. The van der Waals surface area contributed by atoms with E-state index in [-0.39, 0.29) is 17.7 Å². The Morgan fingerprint density at radius 2 is 1.90 bits per heavy atom. The molecule has 5 heteroatoms. The van der Waals surface area contributed by atoms with Gasteiger partial charge in [0.05, 0.1) is 0 Å². The molecule has 20 heavy (non-hydrogen) atoms. The predicted octanol–water partition coefficient (Wildman–Crippen LogP) is 2.38. The number of nitrogens with two attached hydrogens (primary N) is 1. The molecule has 2 aliphatic carbocycles. The van der Waals surface area contributed by atoms with Crippen molar-refractivity contribution in [1.82, 2.24) is 5.32 Å². The van der Waals surface area contributed by atoms with Crippen LogP contribution in [0.15, 0.2) is 5.16 Å². The van der Waals surface area contributed by atoms with E-state index in [0.29, 0.717) is 5.92 Å². The number of nitrogens with one attached hydrogen (secondary N) is 1. The molecular weight excluding hydrogens is 254 g/mol. The molecule has 0 aromatic heterocycles. The van der Waals surface area contributed by atoms with Gasteiger partial charge in [0.15, 0.2) is 5.84 Å². The first-order chi connectivity index (χ1) is 9.61. The minimum atomic E-state index is -0.625. The van der Waals surface area contributed by atoms with Crippen molar-refractivity contribution in [3.63, 3.8) is 0 Å². The standard InChI is InChI=1S/C15H27N3O2/c1-2-11-7-9-15(10-8-11,14(16)18-20)17-13(19)12-5-3-4-6-12/h11-12,20H,2-10H2,1H3,(H2,16,18)(H,17,19). The maximum Gasteiger partial charge on any atom is 0.223 e. The molecule has 2 saturated carbocycles. The van der Waals surface area contributed by atoms with E-state index in [2.05, 4.69) is 17.4 Å². The van der Waals surface area contributed by atoms with Crippen molar-refractivity contribution < 1.29 is 10.0 Å². The van der Waals surface area contributed by atoms with E-state index >= 15 is 0 Å². The van der Waals surface area contributed by atoms with Gasteiger partial charge in [-0.2, -0.15) is 0 Å². The maximum atomic E-state index is 12.4. The van der Waals surface area contributed by atoms with Crippen LogP contribution < -0.4 is 11.1 Å². The van der Waals surface area contributed by atoms with Crippen LogP contribution in [-0.4, -0.2) is 22.5 Å². The number of oxime groups is 1. The molecule has 2 rings (SSSR count). The molecular formula is C15H27N3O2. The van der Waals surface area contributed by atoms with Gasteiger partial charge in [-0.1, -0.05) is 31.3 Å². The van der Waals surface area contributed by atoms with Gasteiger partial charge in [0.1, 0.15) is 5.54 Å². The molecule has 0 heterocycles. The van der Waals surface area contributed by atoms with E-state index in [4.69, 9.17) is 10.9 Å². The van der Waals surface area contributed by atoms with Crippen LogP contribution >= 0.6 is 0 Å². The fraction of sp³-hybridized carbons (Fsp3) is 0.867. The van der Waals surface area contributed by atoms with Crippen molar-refractivity contribution in [1.29, 1.82) is 0 Å². The quantitative estimate of drug-likeness (QED) is 0.320. The van der Waals surface area contributed by atoms with Gasteiger partial charge < -0.3 is 16.3 Å². The first-order valence-corrected chi connectivity index (χ1v) is 7.91. The van der Waals surface area contributed by atoms with Crippen molar-refractivity contribution in [3.05, 3.63) is 0 Å². The summed E-state index contributed by atoms with van der Waals surface area (Å²) in [6, 6.07) is 0. The second-order valence-corrected chi connectivity index (χ2v) is 6.39. The van der Waals surface area contributed by atoms with E-state index in [1.165, 1.54) is 0 Å². The molecule has 2 aliphatic rings. The molecule has 0 radical (unpaired) electrons. The Hall–Kier alpha value is -1.26. The Bertz CT molecular complexity index is 367. The third-order valence-electron chi connectivity index (χ3n) is 5.22. The maximum absolute atomic E-state index is 12.4. The number of carbonyl (C=O) groups is 1. The SMILES string of the molecule is CCC1CCC(NC(=O)C2CCCC2)(/C(N)=N/O)CC1. The van der Waals surface area contributed by atoms with Gasteiger partial charge in [0, 0.05) is 5.92 Å². The second-order valence-electron chi connectivity index (χ2n) is 6.39. The topological polar surface area (TPSA) is 87.7 Å². The van der Waals surface area contributed by atoms with Gasteiger partial charge in [-0.3, -0.25) is 4.79 Å². The average Bonchev–Trinajstić information content (AvgIpc) is 3.01. The summed E-state index contributed by atoms with van der Waals surface area (Å²) in [7, 11) is 0. The van der Waals surface area contributed by atoms with E-state index in [9.17, 15) is 4.79 Å². The molecule has 5 nitrogen and oxygen atoms in total. The number of rotatable bonds is 4. The summed E-state index contributed by atoms with van der Waals surface area (Å²) < 4.78 is 0. The van der Waals surface area contributed by atoms with Crippen molar-refractivity contribution >= 4 is 11.7 Å². The zero-order chi connectivity index (χ0) is 14.6. The van der Waals surface area contributed by atoms with Crippen LogP contribution in [0.5, 0.6) is 0 Å². The van der Waals surface area contributed by atoms with Gasteiger partial charge in [-0.05, 0) is 44.4 Å². The third-order valence-corrected chi connectivity index (χ3v) is 5.22. The van der Waals surface area contributed by atoms with Crippen LogP contribution in [0.2, 0.25) is 0 Å². The highest BCUT2D eigenvalue weighted by Gasteiger charge is 2.41. The smallest absolute Gasteiger partial charge is 0.223 e. The molecule has 0 aromatic rings. The highest BCUT2D eigenvalue weighted by Crippen LogP contribution is 2.35. The lowest BCUT2D eigenvalue weighted by Crippen LogP contribution is -2.60. The monoisotopic (exact) mass is 281 g/mol. The summed E-state index contributed by atoms with van der Waals surface area (Å²) in [5.41, 5.74) is 5.28. The third kappa shape index (κ3) is 3.07. The van der Waals surface area contributed by atoms with Crippen LogP contribution in [0.25, 0.3) is 0 Å². The Balaban J connectivity index is 2.06. The summed E-state index contributed by atoms with van der Waals surface area (Å²) in [6.45, 7) is 2.19. The number of amidine groups is 1. The van der Waals surface area contributed by atoms with Gasteiger partial charge in [-0.15, -0.1) is 0 Å². The molecule has 0 bridgehead atoms. The first-order valence-electron chi connectivity index (χ1n) is 7.91. The Kier molecular flexibility index (Phi) is 4.89. The molecule has 0 unspecified atom stereocenters. The minimum absolute atomic E-state index is 0.0871. The molecule has 0 spiro atoms. The lowest BCUT2D eigenvalue weighted by Gasteiger charge is -2.40. The highest BCUT2D eigenvalue weighted by atomic mass is 16.4. The van der Waals surface area contributed by atoms with Crippen molar-refractivity contribution in [2.75, 3.05) is 0 Å². The van der Waals surface area contributed by atoms with Crippen molar-refractivity contribution in [2.45, 2.75) is 70.3 Å². The zero-order valence-electron chi connectivity index (χ0n) is 12.4. The molecule has 114 valence electrons. The van der Waals surface area contributed by atoms with E-state index in [0.717, 1.165) is 57.8 Å². The summed E-state index contributed by atoms with van der Waals surface area (Å²) in [5, 5.41) is 15.4. The number of hydrogen-bond donors (Lipinski definition) is 3. The van der Waals surface area contributed by atoms with E-state index < -0.39 is 5.54 Å². The zero-order valence-corrected chi connectivity index (χ0v) is 12.4. The van der Waals surface area contributed by atoms with Gasteiger partial charge in [0.25, 0.3) is 0 Å². The lowest BCUT2D eigenvalue weighted by molar-refractivity contribution is -0.126. The molecule has 4 N–H and O–H groups in total. The van der Waals surface area contributed by atoms with Crippen LogP contribution in [0, 0.1) is 11.8 Å². The van der Waals surface area contributed by atoms with Crippen molar-refractivity contribution in [2.24, 2.45) is 22.7 Å². The Labute approximate surface area is 121 Å². The summed E-state index contributed by atoms with van der Waals surface area (Å²) in [5.74, 6) is 1.06. The van der Waals surface area contributed by atoms with E-state index in [1.807, 2.05) is 0 Å². The normalized spacial score (nSPS) is 32.2. The summed E-state index contributed by atoms with van der Waals surface area (Å²) in [6.07, 6.45) is 8.96. The number of amides is 1. The molecule has 2 fully saturated rings. The lowest BCUT2D eigenvalue weighted by atomic mass is 9.74.